The third-order valence-corrected chi connectivity index (χ3v) is 3.07. The summed E-state index contributed by atoms with van der Waals surface area (Å²) in [5.74, 6) is 0. The molecule has 0 saturated heterocycles. The topological polar surface area (TPSA) is 24.1 Å². The maximum atomic E-state index is 3.52. The molecule has 1 aromatic rings. The lowest BCUT2D eigenvalue weighted by Gasteiger charge is -2.22. The number of benzene rings is 1. The third-order valence-electron chi connectivity index (χ3n) is 2.58. The van der Waals surface area contributed by atoms with Crippen LogP contribution in [-0.4, -0.2) is 18.6 Å². The predicted octanol–water partition coefficient (Wildman–Crippen LogP) is 3.49. The molecular formula is C14H23BrN2. The van der Waals surface area contributed by atoms with Crippen LogP contribution in [0.15, 0.2) is 28.7 Å². The van der Waals surface area contributed by atoms with Gasteiger partial charge in [0.05, 0.1) is 0 Å². The Morgan fingerprint density at radius 2 is 1.94 bits per heavy atom. The third kappa shape index (κ3) is 6.20. The lowest BCUT2D eigenvalue weighted by Crippen LogP contribution is -2.40. The molecule has 0 spiro atoms. The van der Waals surface area contributed by atoms with Gasteiger partial charge in [-0.1, -0.05) is 28.1 Å². The van der Waals surface area contributed by atoms with E-state index in [0.29, 0.717) is 6.04 Å². The van der Waals surface area contributed by atoms with Crippen LogP contribution in [0, 0.1) is 0 Å². The van der Waals surface area contributed by atoms with Gasteiger partial charge in [-0.2, -0.15) is 0 Å². The van der Waals surface area contributed by atoms with Crippen LogP contribution >= 0.6 is 15.9 Å². The molecule has 0 aliphatic heterocycles. The Morgan fingerprint density at radius 3 is 2.53 bits per heavy atom. The highest BCUT2D eigenvalue weighted by Gasteiger charge is 2.08. The summed E-state index contributed by atoms with van der Waals surface area (Å²) < 4.78 is 1.14. The van der Waals surface area contributed by atoms with Crippen LogP contribution in [0.1, 0.15) is 39.3 Å². The van der Waals surface area contributed by atoms with Gasteiger partial charge in [-0.15, -0.1) is 0 Å². The summed E-state index contributed by atoms with van der Waals surface area (Å²) >= 11 is 3.50. The molecule has 0 saturated carbocycles. The van der Waals surface area contributed by atoms with Crippen molar-refractivity contribution in [3.05, 3.63) is 34.3 Å². The fraction of sp³-hybridized carbons (Fsp3) is 0.571. The largest absolute Gasteiger partial charge is 0.311 e. The van der Waals surface area contributed by atoms with E-state index in [0.717, 1.165) is 17.6 Å². The molecule has 2 N–H and O–H groups in total. The summed E-state index contributed by atoms with van der Waals surface area (Å²) in [4.78, 5) is 0. The van der Waals surface area contributed by atoms with Crippen LogP contribution in [0.5, 0.6) is 0 Å². The zero-order valence-corrected chi connectivity index (χ0v) is 12.8. The first kappa shape index (κ1) is 14.7. The monoisotopic (exact) mass is 298 g/mol. The number of halogens is 1. The normalized spacial score (nSPS) is 13.7. The summed E-state index contributed by atoms with van der Waals surface area (Å²) in [6.45, 7) is 10.7. The second-order valence-electron chi connectivity index (χ2n) is 5.41. The van der Waals surface area contributed by atoms with E-state index < -0.39 is 0 Å². The van der Waals surface area contributed by atoms with Crippen molar-refractivity contribution in [3.63, 3.8) is 0 Å². The van der Waals surface area contributed by atoms with Gasteiger partial charge in [-0.05, 0) is 45.4 Å². The van der Waals surface area contributed by atoms with Crippen molar-refractivity contribution in [2.45, 2.75) is 39.3 Å². The van der Waals surface area contributed by atoms with Crippen molar-refractivity contribution in [1.82, 2.24) is 10.6 Å². The quantitative estimate of drug-likeness (QED) is 0.813. The van der Waals surface area contributed by atoms with E-state index in [-0.39, 0.29) is 5.54 Å². The summed E-state index contributed by atoms with van der Waals surface area (Å²) in [5.41, 5.74) is 1.51. The van der Waals surface area contributed by atoms with E-state index in [4.69, 9.17) is 0 Å². The minimum absolute atomic E-state index is 0.195. The molecular weight excluding hydrogens is 276 g/mol. The van der Waals surface area contributed by atoms with Gasteiger partial charge >= 0.3 is 0 Å². The van der Waals surface area contributed by atoms with Crippen LogP contribution in [0.3, 0.4) is 0 Å². The molecule has 0 aliphatic rings. The molecule has 1 atom stereocenters. The summed E-state index contributed by atoms with van der Waals surface area (Å²) in [6.07, 6.45) is 0. The second-order valence-corrected chi connectivity index (χ2v) is 6.32. The molecule has 1 aromatic carbocycles. The summed E-state index contributed by atoms with van der Waals surface area (Å²) in [6, 6.07) is 8.82. The Bertz CT molecular complexity index is 344. The first-order valence-corrected chi connectivity index (χ1v) is 6.92. The minimum Gasteiger partial charge on any atom is -0.311 e. The number of rotatable bonds is 5. The van der Waals surface area contributed by atoms with Gasteiger partial charge in [-0.25, -0.2) is 0 Å². The Balaban J connectivity index is 2.33. The van der Waals surface area contributed by atoms with E-state index in [1.54, 1.807) is 0 Å². The Hall–Kier alpha value is -0.380. The van der Waals surface area contributed by atoms with E-state index in [9.17, 15) is 0 Å². The molecule has 0 heterocycles. The lowest BCUT2D eigenvalue weighted by molar-refractivity contribution is 0.414. The Morgan fingerprint density at radius 1 is 1.24 bits per heavy atom. The average molecular weight is 299 g/mol. The molecule has 17 heavy (non-hydrogen) atoms. The van der Waals surface area contributed by atoms with Crippen molar-refractivity contribution in [2.24, 2.45) is 0 Å². The Labute approximate surface area is 113 Å². The molecule has 0 amide bonds. The van der Waals surface area contributed by atoms with Crippen LogP contribution in [0.25, 0.3) is 0 Å². The van der Waals surface area contributed by atoms with Crippen molar-refractivity contribution in [1.29, 1.82) is 0 Å². The minimum atomic E-state index is 0.195. The highest BCUT2D eigenvalue weighted by molar-refractivity contribution is 9.10. The highest BCUT2D eigenvalue weighted by atomic mass is 79.9. The van der Waals surface area contributed by atoms with Gasteiger partial charge in [0.1, 0.15) is 0 Å². The average Bonchev–Trinajstić information content (AvgIpc) is 2.23. The van der Waals surface area contributed by atoms with Gasteiger partial charge in [-0.3, -0.25) is 0 Å². The second kappa shape index (κ2) is 6.53. The summed E-state index contributed by atoms with van der Waals surface area (Å²) in [5, 5.41) is 6.98. The van der Waals surface area contributed by atoms with Crippen LogP contribution in [0.2, 0.25) is 0 Å². The molecule has 0 radical (unpaired) electrons. The fourth-order valence-corrected chi connectivity index (χ4v) is 2.04. The molecule has 0 aromatic heterocycles. The van der Waals surface area contributed by atoms with Crippen molar-refractivity contribution in [3.8, 4) is 0 Å². The molecule has 96 valence electrons. The maximum absolute atomic E-state index is 3.52. The van der Waals surface area contributed by atoms with E-state index in [2.05, 4.69) is 78.5 Å². The molecule has 3 heteroatoms. The SMILES string of the molecule is C[C@H](NCCNC(C)(C)C)c1cccc(Br)c1. The highest BCUT2D eigenvalue weighted by Crippen LogP contribution is 2.17. The number of hydrogen-bond acceptors (Lipinski definition) is 2. The lowest BCUT2D eigenvalue weighted by atomic mass is 10.1. The molecule has 1 rings (SSSR count). The van der Waals surface area contributed by atoms with Gasteiger partial charge in [0.2, 0.25) is 0 Å². The molecule has 0 bridgehead atoms. The van der Waals surface area contributed by atoms with Gasteiger partial charge < -0.3 is 10.6 Å². The molecule has 0 fully saturated rings. The fourth-order valence-electron chi connectivity index (χ4n) is 1.62. The summed E-state index contributed by atoms with van der Waals surface area (Å²) in [7, 11) is 0. The number of nitrogens with one attached hydrogen (secondary N) is 2. The van der Waals surface area contributed by atoms with Crippen LogP contribution in [-0.2, 0) is 0 Å². The first-order valence-electron chi connectivity index (χ1n) is 6.12. The zero-order valence-electron chi connectivity index (χ0n) is 11.2. The predicted molar refractivity (Wildman–Crippen MR) is 78.3 cm³/mol. The standard InChI is InChI=1S/C14H23BrN2/c1-11(12-6-5-7-13(15)10-12)16-8-9-17-14(2,3)4/h5-7,10-11,16-17H,8-9H2,1-4H3/t11-/m0/s1. The van der Waals surface area contributed by atoms with E-state index in [1.165, 1.54) is 5.56 Å². The van der Waals surface area contributed by atoms with Crippen molar-refractivity contribution in [2.75, 3.05) is 13.1 Å². The van der Waals surface area contributed by atoms with E-state index >= 15 is 0 Å². The number of hydrogen-bond donors (Lipinski definition) is 2. The van der Waals surface area contributed by atoms with Gasteiger partial charge in [0.15, 0.2) is 0 Å². The first-order chi connectivity index (χ1) is 7.88. The van der Waals surface area contributed by atoms with Gasteiger partial charge in [0, 0.05) is 29.1 Å². The van der Waals surface area contributed by atoms with Gasteiger partial charge in [0.25, 0.3) is 0 Å². The molecule has 2 nitrogen and oxygen atoms in total. The smallest absolute Gasteiger partial charge is 0.0292 e. The van der Waals surface area contributed by atoms with Crippen molar-refractivity contribution < 1.29 is 0 Å². The van der Waals surface area contributed by atoms with Crippen molar-refractivity contribution >= 4 is 15.9 Å². The maximum Gasteiger partial charge on any atom is 0.0292 e. The van der Waals surface area contributed by atoms with E-state index in [1.807, 2.05) is 0 Å². The molecule has 0 unspecified atom stereocenters. The van der Waals surface area contributed by atoms with Crippen LogP contribution in [0.4, 0.5) is 0 Å². The van der Waals surface area contributed by atoms with Crippen LogP contribution < -0.4 is 10.6 Å². The Kier molecular flexibility index (Phi) is 5.63. The zero-order chi connectivity index (χ0) is 12.9. The molecule has 0 aliphatic carbocycles.